The molecule has 0 unspecified atom stereocenters. The lowest BCUT2D eigenvalue weighted by atomic mass is 10.4. The first-order valence-corrected chi connectivity index (χ1v) is 4.18. The molecule has 0 aromatic rings. The topological polar surface area (TPSA) is 32.3 Å². The summed E-state index contributed by atoms with van der Waals surface area (Å²) in [6.07, 6.45) is 5.11. The summed E-state index contributed by atoms with van der Waals surface area (Å²) in [5.41, 5.74) is 0. The maximum Gasteiger partial charge on any atom is 0.237 e. The predicted octanol–water partition coefficient (Wildman–Crippen LogP) is 0.0776. The van der Waals surface area contributed by atoms with Gasteiger partial charge in [0.05, 0.1) is 13.1 Å². The minimum Gasteiger partial charge on any atom is -0.331 e. The third-order valence-electron chi connectivity index (χ3n) is 1.54. The van der Waals surface area contributed by atoms with Crippen LogP contribution in [-0.4, -0.2) is 37.0 Å². The van der Waals surface area contributed by atoms with Crippen molar-refractivity contribution < 1.29 is 4.79 Å². The molecule has 0 spiro atoms. The lowest BCUT2D eigenvalue weighted by molar-refractivity contribution is -0.129. The monoisotopic (exact) mass is 168 g/mol. The van der Waals surface area contributed by atoms with Crippen molar-refractivity contribution in [3.63, 3.8) is 0 Å². The van der Waals surface area contributed by atoms with Crippen LogP contribution in [0.2, 0.25) is 0 Å². The maximum atomic E-state index is 11.3. The van der Waals surface area contributed by atoms with E-state index in [-0.39, 0.29) is 5.91 Å². The molecule has 0 fully saturated rings. The summed E-state index contributed by atoms with van der Waals surface area (Å²) >= 11 is 0. The van der Waals surface area contributed by atoms with Crippen LogP contribution >= 0.6 is 0 Å². The van der Waals surface area contributed by atoms with E-state index < -0.39 is 0 Å². The van der Waals surface area contributed by atoms with E-state index in [0.29, 0.717) is 19.6 Å². The Hall–Kier alpha value is -1.01. The summed E-state index contributed by atoms with van der Waals surface area (Å²) in [7, 11) is 0. The molecule has 0 aromatic carbocycles. The molecule has 0 aliphatic rings. The Kier molecular flexibility index (Phi) is 6.12. The van der Waals surface area contributed by atoms with Gasteiger partial charge in [0, 0.05) is 6.54 Å². The van der Waals surface area contributed by atoms with Crippen molar-refractivity contribution >= 4 is 5.91 Å². The Morgan fingerprint density at radius 3 is 2.67 bits per heavy atom. The SMILES string of the molecule is C#CCN(CC)C(=O)CNCC. The van der Waals surface area contributed by atoms with Crippen LogP contribution in [0.3, 0.4) is 0 Å². The van der Waals surface area contributed by atoms with Gasteiger partial charge in [-0.15, -0.1) is 6.42 Å². The molecule has 12 heavy (non-hydrogen) atoms. The third-order valence-corrected chi connectivity index (χ3v) is 1.54. The van der Waals surface area contributed by atoms with Crippen molar-refractivity contribution in [2.75, 3.05) is 26.2 Å². The van der Waals surface area contributed by atoms with Gasteiger partial charge in [-0.2, -0.15) is 0 Å². The number of terminal acetylenes is 1. The first kappa shape index (κ1) is 11.0. The fraction of sp³-hybridized carbons (Fsp3) is 0.667. The van der Waals surface area contributed by atoms with Crippen LogP contribution in [-0.2, 0) is 4.79 Å². The molecule has 0 aliphatic heterocycles. The standard InChI is InChI=1S/C9H16N2O/c1-4-7-11(6-3)9(12)8-10-5-2/h1,10H,5-8H2,2-3H3. The molecule has 68 valence electrons. The van der Waals surface area contributed by atoms with Crippen LogP contribution in [0.15, 0.2) is 0 Å². The normalized spacial score (nSPS) is 9.08. The summed E-state index contributed by atoms with van der Waals surface area (Å²) < 4.78 is 0. The molecule has 0 saturated heterocycles. The van der Waals surface area contributed by atoms with Gasteiger partial charge in [-0.1, -0.05) is 12.8 Å². The van der Waals surface area contributed by atoms with E-state index in [4.69, 9.17) is 6.42 Å². The van der Waals surface area contributed by atoms with Gasteiger partial charge in [-0.05, 0) is 13.5 Å². The predicted molar refractivity (Wildman–Crippen MR) is 49.6 cm³/mol. The van der Waals surface area contributed by atoms with Gasteiger partial charge < -0.3 is 10.2 Å². The maximum absolute atomic E-state index is 11.3. The minimum absolute atomic E-state index is 0.0669. The largest absolute Gasteiger partial charge is 0.331 e. The first-order chi connectivity index (χ1) is 5.76. The number of hydrogen-bond acceptors (Lipinski definition) is 2. The van der Waals surface area contributed by atoms with Crippen LogP contribution in [0.25, 0.3) is 0 Å². The lowest BCUT2D eigenvalue weighted by Crippen LogP contribution is -2.38. The van der Waals surface area contributed by atoms with Crippen LogP contribution in [0.4, 0.5) is 0 Å². The van der Waals surface area contributed by atoms with E-state index >= 15 is 0 Å². The highest BCUT2D eigenvalue weighted by Crippen LogP contribution is 1.86. The second-order valence-electron chi connectivity index (χ2n) is 2.39. The Morgan fingerprint density at radius 2 is 2.25 bits per heavy atom. The van der Waals surface area contributed by atoms with Gasteiger partial charge in [0.25, 0.3) is 0 Å². The zero-order valence-corrected chi connectivity index (χ0v) is 7.76. The van der Waals surface area contributed by atoms with Crippen molar-refractivity contribution in [3.8, 4) is 12.3 Å². The molecule has 1 amide bonds. The molecule has 3 heteroatoms. The van der Waals surface area contributed by atoms with Gasteiger partial charge in [0.1, 0.15) is 0 Å². The summed E-state index contributed by atoms with van der Waals surface area (Å²) in [5.74, 6) is 2.52. The molecule has 0 atom stereocenters. The average molecular weight is 168 g/mol. The van der Waals surface area contributed by atoms with Crippen molar-refractivity contribution in [2.45, 2.75) is 13.8 Å². The number of likely N-dealkylation sites (N-methyl/N-ethyl adjacent to an activating group) is 2. The zero-order valence-electron chi connectivity index (χ0n) is 7.76. The van der Waals surface area contributed by atoms with E-state index in [1.165, 1.54) is 0 Å². The molecule has 0 heterocycles. The summed E-state index contributed by atoms with van der Waals surface area (Å²) in [5, 5.41) is 2.96. The lowest BCUT2D eigenvalue weighted by Gasteiger charge is -2.17. The van der Waals surface area contributed by atoms with Crippen LogP contribution in [0.5, 0.6) is 0 Å². The third kappa shape index (κ3) is 3.99. The number of hydrogen-bond donors (Lipinski definition) is 1. The number of carbonyl (C=O) groups excluding carboxylic acids is 1. The van der Waals surface area contributed by atoms with Crippen LogP contribution in [0, 0.1) is 12.3 Å². The molecule has 0 aliphatic carbocycles. The van der Waals surface area contributed by atoms with Crippen molar-refractivity contribution in [3.05, 3.63) is 0 Å². The Bertz CT molecular complexity index is 172. The van der Waals surface area contributed by atoms with Gasteiger partial charge in [0.15, 0.2) is 0 Å². The fourth-order valence-electron chi connectivity index (χ4n) is 0.830. The Balaban J connectivity index is 3.79. The molecule has 1 N–H and O–H groups in total. The molecular weight excluding hydrogens is 152 g/mol. The Morgan fingerprint density at radius 1 is 1.58 bits per heavy atom. The van der Waals surface area contributed by atoms with Crippen LogP contribution < -0.4 is 5.32 Å². The van der Waals surface area contributed by atoms with Crippen molar-refractivity contribution in [1.82, 2.24) is 10.2 Å². The molecule has 0 aromatic heterocycles. The molecule has 0 saturated carbocycles. The number of rotatable bonds is 5. The van der Waals surface area contributed by atoms with Gasteiger partial charge >= 0.3 is 0 Å². The summed E-state index contributed by atoms with van der Waals surface area (Å²) in [6, 6.07) is 0. The fourth-order valence-corrected chi connectivity index (χ4v) is 0.830. The van der Waals surface area contributed by atoms with Crippen molar-refractivity contribution in [2.24, 2.45) is 0 Å². The van der Waals surface area contributed by atoms with Crippen molar-refractivity contribution in [1.29, 1.82) is 0 Å². The summed E-state index contributed by atoms with van der Waals surface area (Å²) in [6.45, 7) is 6.15. The number of nitrogens with zero attached hydrogens (tertiary/aromatic N) is 1. The number of amides is 1. The van der Waals surface area contributed by atoms with Gasteiger partial charge in [0.2, 0.25) is 5.91 Å². The molecular formula is C9H16N2O. The highest BCUT2D eigenvalue weighted by atomic mass is 16.2. The summed E-state index contributed by atoms with van der Waals surface area (Å²) in [4.78, 5) is 12.9. The highest BCUT2D eigenvalue weighted by Gasteiger charge is 2.07. The number of carbonyl (C=O) groups is 1. The van der Waals surface area contributed by atoms with E-state index in [0.717, 1.165) is 6.54 Å². The quantitative estimate of drug-likeness (QED) is 0.589. The zero-order chi connectivity index (χ0) is 9.40. The average Bonchev–Trinajstić information content (AvgIpc) is 2.10. The first-order valence-electron chi connectivity index (χ1n) is 4.18. The number of nitrogens with one attached hydrogen (secondary N) is 1. The minimum atomic E-state index is 0.0669. The molecule has 3 nitrogen and oxygen atoms in total. The van der Waals surface area contributed by atoms with E-state index in [1.807, 2.05) is 13.8 Å². The smallest absolute Gasteiger partial charge is 0.237 e. The van der Waals surface area contributed by atoms with Crippen LogP contribution in [0.1, 0.15) is 13.8 Å². The second kappa shape index (κ2) is 6.68. The van der Waals surface area contributed by atoms with Gasteiger partial charge in [-0.3, -0.25) is 4.79 Å². The molecule has 0 rings (SSSR count). The van der Waals surface area contributed by atoms with Gasteiger partial charge in [-0.25, -0.2) is 0 Å². The molecule has 0 bridgehead atoms. The highest BCUT2D eigenvalue weighted by molar-refractivity contribution is 5.78. The van der Waals surface area contributed by atoms with E-state index in [9.17, 15) is 4.79 Å². The second-order valence-corrected chi connectivity index (χ2v) is 2.39. The van der Waals surface area contributed by atoms with E-state index in [2.05, 4.69) is 11.2 Å². The molecule has 0 radical (unpaired) electrons. The Labute approximate surface area is 74.1 Å². The van der Waals surface area contributed by atoms with E-state index in [1.54, 1.807) is 4.90 Å².